The largest absolute Gasteiger partial charge is 0.507 e. The molecule has 2 aliphatic heterocycles. The van der Waals surface area contributed by atoms with Crippen LogP contribution in [0.5, 0.6) is 5.75 Å². The predicted molar refractivity (Wildman–Crippen MR) is 120 cm³/mol. The number of rotatable bonds is 3. The number of ether oxygens (including phenoxy) is 1. The van der Waals surface area contributed by atoms with E-state index in [4.69, 9.17) is 9.15 Å². The lowest BCUT2D eigenvalue weighted by Crippen LogP contribution is -2.30. The van der Waals surface area contributed by atoms with E-state index in [1.807, 2.05) is 38.1 Å². The molecule has 1 fully saturated rings. The van der Waals surface area contributed by atoms with Gasteiger partial charge in [-0.3, -0.25) is 14.5 Å². The van der Waals surface area contributed by atoms with E-state index in [0.29, 0.717) is 23.6 Å². The number of fused-ring (bicyclic) bond motifs is 1. The summed E-state index contributed by atoms with van der Waals surface area (Å²) in [6, 6.07) is 13.6. The van der Waals surface area contributed by atoms with E-state index < -0.39 is 17.7 Å². The normalized spacial score (nSPS) is 19.7. The van der Waals surface area contributed by atoms with Crippen LogP contribution in [0.1, 0.15) is 40.5 Å². The number of furan rings is 1. The second kappa shape index (κ2) is 7.71. The fraction of sp³-hybridized carbons (Fsp3) is 0.231. The topological polar surface area (TPSA) is 80.0 Å². The maximum absolute atomic E-state index is 13.2. The van der Waals surface area contributed by atoms with E-state index in [0.717, 1.165) is 35.3 Å². The molecule has 1 aromatic heterocycles. The van der Waals surface area contributed by atoms with Gasteiger partial charge in [0.15, 0.2) is 0 Å². The van der Waals surface area contributed by atoms with E-state index in [-0.39, 0.29) is 11.3 Å². The summed E-state index contributed by atoms with van der Waals surface area (Å²) in [4.78, 5) is 27.9. The smallest absolute Gasteiger partial charge is 0.300 e. The number of aliphatic hydroxyl groups excluding tert-OH is 1. The van der Waals surface area contributed by atoms with Crippen molar-refractivity contribution in [3.05, 3.63) is 88.4 Å². The zero-order valence-corrected chi connectivity index (χ0v) is 17.9. The van der Waals surface area contributed by atoms with Crippen LogP contribution in [0.4, 0.5) is 5.69 Å². The molecule has 0 aliphatic carbocycles. The first-order chi connectivity index (χ1) is 15.5. The van der Waals surface area contributed by atoms with Crippen molar-refractivity contribution in [1.29, 1.82) is 0 Å². The summed E-state index contributed by atoms with van der Waals surface area (Å²) < 4.78 is 11.3. The van der Waals surface area contributed by atoms with E-state index in [2.05, 4.69) is 0 Å². The quantitative estimate of drug-likeness (QED) is 0.366. The van der Waals surface area contributed by atoms with Crippen LogP contribution in [0.2, 0.25) is 0 Å². The van der Waals surface area contributed by atoms with Crippen molar-refractivity contribution in [2.75, 3.05) is 11.5 Å². The van der Waals surface area contributed by atoms with Gasteiger partial charge in [0.25, 0.3) is 11.7 Å². The molecule has 1 amide bonds. The van der Waals surface area contributed by atoms with Gasteiger partial charge in [0, 0.05) is 11.3 Å². The van der Waals surface area contributed by atoms with Gasteiger partial charge in [-0.15, -0.1) is 0 Å². The summed E-state index contributed by atoms with van der Waals surface area (Å²) in [7, 11) is 0. The molecule has 0 bridgehead atoms. The molecule has 32 heavy (non-hydrogen) atoms. The average Bonchev–Trinajstić information content (AvgIpc) is 3.42. The molecule has 0 saturated carbocycles. The van der Waals surface area contributed by atoms with Crippen molar-refractivity contribution in [3.63, 3.8) is 0 Å². The number of hydrogen-bond acceptors (Lipinski definition) is 5. The minimum atomic E-state index is -0.863. The summed E-state index contributed by atoms with van der Waals surface area (Å²) >= 11 is 0. The lowest BCUT2D eigenvalue weighted by Gasteiger charge is -2.25. The lowest BCUT2D eigenvalue weighted by molar-refractivity contribution is -0.132. The number of amides is 1. The van der Waals surface area contributed by atoms with Gasteiger partial charge in [-0.1, -0.05) is 12.1 Å². The van der Waals surface area contributed by atoms with Crippen LogP contribution in [-0.2, 0) is 16.0 Å². The molecule has 162 valence electrons. The molecule has 1 atom stereocenters. The van der Waals surface area contributed by atoms with Crippen LogP contribution in [0.3, 0.4) is 0 Å². The van der Waals surface area contributed by atoms with E-state index >= 15 is 0 Å². The fourth-order valence-corrected chi connectivity index (χ4v) is 4.44. The Morgan fingerprint density at radius 3 is 2.72 bits per heavy atom. The Morgan fingerprint density at radius 2 is 1.94 bits per heavy atom. The van der Waals surface area contributed by atoms with Crippen molar-refractivity contribution in [3.8, 4) is 5.75 Å². The van der Waals surface area contributed by atoms with Gasteiger partial charge >= 0.3 is 0 Å². The molecule has 1 unspecified atom stereocenters. The van der Waals surface area contributed by atoms with Crippen molar-refractivity contribution >= 4 is 23.1 Å². The molecule has 3 aromatic rings. The van der Waals surface area contributed by atoms with E-state index in [1.165, 1.54) is 11.2 Å². The third-order valence-electron chi connectivity index (χ3n) is 6.06. The van der Waals surface area contributed by atoms with Gasteiger partial charge in [0.05, 0.1) is 18.4 Å². The van der Waals surface area contributed by atoms with Gasteiger partial charge in [0.1, 0.15) is 23.3 Å². The molecule has 1 saturated heterocycles. The molecule has 2 aliphatic rings. The molecule has 0 spiro atoms. The molecule has 3 heterocycles. The molecule has 5 rings (SSSR count). The second-order valence-electron chi connectivity index (χ2n) is 8.25. The van der Waals surface area contributed by atoms with Crippen molar-refractivity contribution in [2.24, 2.45) is 0 Å². The average molecular weight is 429 g/mol. The maximum atomic E-state index is 13.2. The Hall–Kier alpha value is -3.80. The van der Waals surface area contributed by atoms with Gasteiger partial charge in [0.2, 0.25) is 0 Å². The summed E-state index contributed by atoms with van der Waals surface area (Å²) in [6.07, 6.45) is 3.21. The van der Waals surface area contributed by atoms with Crippen LogP contribution in [0.25, 0.3) is 5.76 Å². The van der Waals surface area contributed by atoms with Gasteiger partial charge in [-0.25, -0.2) is 0 Å². The number of nitrogens with zero attached hydrogens (tertiary/aromatic N) is 1. The van der Waals surface area contributed by atoms with Gasteiger partial charge < -0.3 is 14.3 Å². The second-order valence-corrected chi connectivity index (χ2v) is 8.25. The minimum Gasteiger partial charge on any atom is -0.507 e. The van der Waals surface area contributed by atoms with Crippen LogP contribution >= 0.6 is 0 Å². The summed E-state index contributed by atoms with van der Waals surface area (Å²) in [5.41, 5.74) is 3.89. The monoisotopic (exact) mass is 429 g/mol. The number of aliphatic hydroxyl groups is 1. The third kappa shape index (κ3) is 3.19. The van der Waals surface area contributed by atoms with Crippen LogP contribution in [0, 0.1) is 13.8 Å². The molecular weight excluding hydrogens is 406 g/mol. The Morgan fingerprint density at radius 1 is 1.09 bits per heavy atom. The molecule has 2 aromatic carbocycles. The van der Waals surface area contributed by atoms with Crippen LogP contribution in [-0.4, -0.2) is 23.4 Å². The summed E-state index contributed by atoms with van der Waals surface area (Å²) in [5.74, 6) is -0.452. The highest BCUT2D eigenvalue weighted by Crippen LogP contribution is 2.43. The molecular formula is C26H23NO5. The SMILES string of the molecule is Cc1ccc(C)c(N2C(=O)C(=O)/C(=C(\O)c3ccc4c(c3)CCCO4)C2c2ccco2)c1. The van der Waals surface area contributed by atoms with Crippen molar-refractivity contribution in [2.45, 2.75) is 32.7 Å². The standard InChI is InChI=1S/C26H23NO5/c1-15-7-8-16(2)19(13-15)27-23(21-6-4-12-32-21)22(25(29)26(27)30)24(28)18-9-10-20-17(14-18)5-3-11-31-20/h4,6-10,12-14,23,28H,3,5,11H2,1-2H3/b24-22-. The number of ketones is 1. The number of aryl methyl sites for hydroxylation is 3. The highest BCUT2D eigenvalue weighted by Gasteiger charge is 2.48. The van der Waals surface area contributed by atoms with Crippen LogP contribution in [0.15, 0.2) is 64.8 Å². The fourth-order valence-electron chi connectivity index (χ4n) is 4.44. The highest BCUT2D eigenvalue weighted by atomic mass is 16.5. The Bertz CT molecular complexity index is 1260. The van der Waals surface area contributed by atoms with Gasteiger partial charge in [-0.05, 0) is 79.8 Å². The first-order valence-corrected chi connectivity index (χ1v) is 10.6. The number of anilines is 1. The number of carbonyl (C=O) groups is 2. The number of hydrogen-bond donors (Lipinski definition) is 1. The zero-order valence-electron chi connectivity index (χ0n) is 17.9. The number of Topliss-reactive ketones (excluding diaryl/α,β-unsaturated/α-hetero) is 1. The lowest BCUT2D eigenvalue weighted by atomic mass is 9.96. The summed E-state index contributed by atoms with van der Waals surface area (Å²) in [6.45, 7) is 4.48. The third-order valence-corrected chi connectivity index (χ3v) is 6.06. The maximum Gasteiger partial charge on any atom is 0.300 e. The molecule has 6 heteroatoms. The van der Waals surface area contributed by atoms with Crippen molar-refractivity contribution in [1.82, 2.24) is 0 Å². The first-order valence-electron chi connectivity index (χ1n) is 10.6. The van der Waals surface area contributed by atoms with Crippen molar-refractivity contribution < 1.29 is 23.8 Å². The zero-order chi connectivity index (χ0) is 22.4. The molecule has 1 N–H and O–H groups in total. The summed E-state index contributed by atoms with van der Waals surface area (Å²) in [5, 5.41) is 11.3. The highest BCUT2D eigenvalue weighted by molar-refractivity contribution is 6.51. The Balaban J connectivity index is 1.70. The number of carbonyl (C=O) groups excluding carboxylic acids is 2. The number of benzene rings is 2. The van der Waals surface area contributed by atoms with Gasteiger partial charge in [-0.2, -0.15) is 0 Å². The van der Waals surface area contributed by atoms with Crippen LogP contribution < -0.4 is 9.64 Å². The Labute approximate surface area is 185 Å². The van der Waals surface area contributed by atoms with E-state index in [1.54, 1.807) is 24.3 Å². The minimum absolute atomic E-state index is 0.0162. The first kappa shape index (κ1) is 20.1. The Kier molecular flexibility index (Phi) is 4.85. The molecule has 0 radical (unpaired) electrons. The van der Waals surface area contributed by atoms with E-state index in [9.17, 15) is 14.7 Å². The predicted octanol–water partition coefficient (Wildman–Crippen LogP) is 4.85. The molecule has 6 nitrogen and oxygen atoms in total.